The third-order valence-electron chi connectivity index (χ3n) is 8.06. The Bertz CT molecular complexity index is 1680. The number of nitrogen functional groups attached to an aromatic ring is 1. The zero-order valence-electron chi connectivity index (χ0n) is 25.0. The van der Waals surface area contributed by atoms with E-state index in [1.165, 1.54) is 26.3 Å². The van der Waals surface area contributed by atoms with E-state index in [1.807, 2.05) is 6.07 Å². The van der Waals surface area contributed by atoms with Crippen molar-refractivity contribution in [1.82, 2.24) is 10.3 Å². The van der Waals surface area contributed by atoms with Crippen molar-refractivity contribution in [3.63, 3.8) is 0 Å². The second kappa shape index (κ2) is 13.3. The molecule has 1 aliphatic heterocycles. The molecule has 0 amide bonds. The fourth-order valence-electron chi connectivity index (χ4n) is 5.49. The predicted molar refractivity (Wildman–Crippen MR) is 163 cm³/mol. The third-order valence-corrected chi connectivity index (χ3v) is 8.06. The highest BCUT2D eigenvalue weighted by atomic mass is 16.7. The topological polar surface area (TPSA) is 252 Å². The van der Waals surface area contributed by atoms with Gasteiger partial charge in [-0.05, 0) is 42.2 Å². The van der Waals surface area contributed by atoms with Gasteiger partial charge in [0, 0.05) is 42.5 Å². The van der Waals surface area contributed by atoms with E-state index < -0.39 is 54.6 Å². The maximum absolute atomic E-state index is 14.2. The van der Waals surface area contributed by atoms with Crippen LogP contribution in [0.4, 0.5) is 5.82 Å². The number of methoxy groups -OCH3 is 1. The molecule has 3 aromatic rings. The number of aliphatic imine (C=N–C) groups is 1. The van der Waals surface area contributed by atoms with E-state index in [0.29, 0.717) is 29.8 Å². The fraction of sp³-hybridized carbons (Fsp3) is 0.355. The zero-order chi connectivity index (χ0) is 33.3. The Hall–Kier alpha value is -4.80. The molecule has 1 aliphatic carbocycles. The number of aliphatic hydroxyl groups excluding tert-OH is 4. The molecule has 0 spiro atoms. The molecule has 15 heteroatoms. The largest absolute Gasteiger partial charge is 0.507 e. The van der Waals surface area contributed by atoms with Crippen LogP contribution in [0.25, 0.3) is 0 Å². The van der Waals surface area contributed by atoms with E-state index in [9.17, 15) is 35.1 Å². The fourth-order valence-corrected chi connectivity index (χ4v) is 5.49. The minimum Gasteiger partial charge on any atom is -0.507 e. The number of nitrogens with one attached hydrogen (secondary N) is 1. The molecule has 2 aliphatic rings. The summed E-state index contributed by atoms with van der Waals surface area (Å²) in [5, 5.41) is 55.1. The number of benzene rings is 2. The quantitative estimate of drug-likeness (QED) is 0.0822. The van der Waals surface area contributed by atoms with Crippen LogP contribution in [-0.4, -0.2) is 99.5 Å². The maximum Gasteiger partial charge on any atom is 0.229 e. The summed E-state index contributed by atoms with van der Waals surface area (Å²) in [7, 11) is 2.82. The number of aryl methyl sites for hydroxylation is 2. The number of fused-ring (bicyclic) bond motifs is 2. The van der Waals surface area contributed by atoms with Crippen LogP contribution >= 0.6 is 0 Å². The van der Waals surface area contributed by atoms with E-state index in [0.717, 1.165) is 5.56 Å². The Morgan fingerprint density at radius 3 is 2.43 bits per heavy atom. The van der Waals surface area contributed by atoms with Gasteiger partial charge in [-0.2, -0.15) is 0 Å². The number of phenolic OH excluding ortho intramolecular Hbond substituents is 1. The number of nitrogens with zero attached hydrogens (tertiary/aromatic N) is 2. The number of nitrogens with two attached hydrogens (primary N) is 2. The lowest BCUT2D eigenvalue weighted by atomic mass is 9.80. The number of carbonyl (C=O) groups is 2. The number of pyridine rings is 1. The Morgan fingerprint density at radius 1 is 1.04 bits per heavy atom. The molecular weight excluding hydrogens is 602 g/mol. The summed E-state index contributed by atoms with van der Waals surface area (Å²) in [4.78, 5) is 36.2. The number of aromatic nitrogens is 1. The lowest BCUT2D eigenvalue weighted by Gasteiger charge is -2.39. The molecule has 0 saturated carbocycles. The molecule has 10 N–H and O–H groups in total. The van der Waals surface area contributed by atoms with Crippen LogP contribution in [0.3, 0.4) is 0 Å². The van der Waals surface area contributed by atoms with Crippen molar-refractivity contribution in [2.75, 3.05) is 26.5 Å². The zero-order valence-corrected chi connectivity index (χ0v) is 25.0. The highest BCUT2D eigenvalue weighted by molar-refractivity contribution is 6.30. The number of hydrogen-bond acceptors (Lipinski definition) is 13. The second-order valence-corrected chi connectivity index (χ2v) is 10.9. The van der Waals surface area contributed by atoms with Gasteiger partial charge in [0.05, 0.1) is 24.8 Å². The van der Waals surface area contributed by atoms with E-state index in [4.69, 9.17) is 25.7 Å². The van der Waals surface area contributed by atoms with E-state index in [2.05, 4.69) is 15.3 Å². The molecule has 2 heterocycles. The molecule has 1 fully saturated rings. The van der Waals surface area contributed by atoms with Gasteiger partial charge in [-0.1, -0.05) is 6.07 Å². The lowest BCUT2D eigenvalue weighted by molar-refractivity contribution is -0.277. The highest BCUT2D eigenvalue weighted by Gasteiger charge is 2.46. The minimum absolute atomic E-state index is 0.0250. The summed E-state index contributed by atoms with van der Waals surface area (Å²) < 4.78 is 16.6. The number of ketones is 2. The van der Waals surface area contributed by atoms with Crippen molar-refractivity contribution in [1.29, 1.82) is 0 Å². The molecule has 1 saturated heterocycles. The summed E-state index contributed by atoms with van der Waals surface area (Å²) in [6, 6.07) is 7.66. The SMILES string of the molecule is CN=C(N)NCc1c(CCc2ccc(N)nc2)cc2c(c1O)C(=O)c1c(OC3OC(CO)C(O)C(O)C3O)cc(OC)cc1C2=O. The molecule has 5 atom stereocenters. The predicted octanol–water partition coefficient (Wildman–Crippen LogP) is -0.849. The van der Waals surface area contributed by atoms with Crippen molar-refractivity contribution in [2.45, 2.75) is 50.1 Å². The second-order valence-electron chi connectivity index (χ2n) is 10.9. The van der Waals surface area contributed by atoms with Crippen molar-refractivity contribution in [2.24, 2.45) is 10.7 Å². The Balaban J connectivity index is 1.59. The number of guanidine groups is 1. The molecule has 46 heavy (non-hydrogen) atoms. The monoisotopic (exact) mass is 637 g/mol. The first kappa shape index (κ1) is 32.6. The number of carbonyl (C=O) groups excluding carboxylic acids is 2. The summed E-state index contributed by atoms with van der Waals surface area (Å²) in [6.45, 7) is -0.732. The van der Waals surface area contributed by atoms with Crippen LogP contribution in [0, 0.1) is 0 Å². The summed E-state index contributed by atoms with van der Waals surface area (Å²) in [5.74, 6) is -1.51. The summed E-state index contributed by atoms with van der Waals surface area (Å²) in [6.07, 6.45) is -5.69. The van der Waals surface area contributed by atoms with Crippen molar-refractivity contribution >= 4 is 23.3 Å². The minimum atomic E-state index is -1.79. The van der Waals surface area contributed by atoms with Gasteiger partial charge in [0.1, 0.15) is 47.5 Å². The maximum atomic E-state index is 14.2. The summed E-state index contributed by atoms with van der Waals surface area (Å²) >= 11 is 0. The van der Waals surface area contributed by atoms with Gasteiger partial charge >= 0.3 is 0 Å². The first-order valence-corrected chi connectivity index (χ1v) is 14.3. The first-order chi connectivity index (χ1) is 22.0. The molecule has 2 aromatic carbocycles. The van der Waals surface area contributed by atoms with Crippen LogP contribution in [0.2, 0.25) is 0 Å². The first-order valence-electron chi connectivity index (χ1n) is 14.3. The van der Waals surface area contributed by atoms with Gasteiger partial charge < -0.3 is 56.5 Å². The normalized spacial score (nSPS) is 22.7. The van der Waals surface area contributed by atoms with Gasteiger partial charge in [-0.3, -0.25) is 14.6 Å². The number of phenols is 1. The number of aliphatic hydroxyl groups is 4. The molecule has 244 valence electrons. The average Bonchev–Trinajstić information content (AvgIpc) is 3.05. The Labute approximate surface area is 263 Å². The van der Waals surface area contributed by atoms with Crippen LogP contribution in [-0.2, 0) is 24.1 Å². The molecule has 0 bridgehead atoms. The van der Waals surface area contributed by atoms with E-state index in [-0.39, 0.29) is 46.3 Å². The van der Waals surface area contributed by atoms with Gasteiger partial charge in [0.25, 0.3) is 0 Å². The van der Waals surface area contributed by atoms with Crippen LogP contribution in [0.15, 0.2) is 41.5 Å². The van der Waals surface area contributed by atoms with Crippen molar-refractivity contribution in [3.05, 3.63) is 75.5 Å². The molecule has 1 aromatic heterocycles. The van der Waals surface area contributed by atoms with Gasteiger partial charge in [0.2, 0.25) is 12.1 Å². The summed E-state index contributed by atoms with van der Waals surface area (Å²) in [5.41, 5.74) is 12.6. The van der Waals surface area contributed by atoms with E-state index in [1.54, 1.807) is 18.3 Å². The van der Waals surface area contributed by atoms with Crippen molar-refractivity contribution in [3.8, 4) is 17.2 Å². The molecule has 5 rings (SSSR count). The molecule has 5 unspecified atom stereocenters. The Kier molecular flexibility index (Phi) is 9.41. The Morgan fingerprint density at radius 2 is 1.78 bits per heavy atom. The number of rotatable bonds is 9. The van der Waals surface area contributed by atoms with Gasteiger partial charge in [-0.25, -0.2) is 4.98 Å². The number of aromatic hydroxyl groups is 1. The number of hydrogen-bond donors (Lipinski definition) is 8. The molecule has 15 nitrogen and oxygen atoms in total. The number of anilines is 1. The van der Waals surface area contributed by atoms with Crippen LogP contribution < -0.4 is 26.3 Å². The number of ether oxygens (including phenoxy) is 3. The van der Waals surface area contributed by atoms with E-state index >= 15 is 0 Å². The van der Waals surface area contributed by atoms with Crippen LogP contribution in [0.1, 0.15) is 48.5 Å². The third kappa shape index (κ3) is 6.05. The standard InChI is InChI=1S/C31H35N5O10/c1-34-31(33)36-11-18-14(5-3-13-4-6-21(32)35-10-13)7-16-23(25(18)39)27(41)22-17(24(16)38)8-15(44-2)9-19(22)45-30-29(43)28(42)26(40)20(12-37)46-30/h4,6-10,20,26,28-30,37,39-40,42-43H,3,5,11-12H2,1-2H3,(H2,32,35)(H3,33,34,36). The lowest BCUT2D eigenvalue weighted by Crippen LogP contribution is -2.60. The smallest absolute Gasteiger partial charge is 0.229 e. The van der Waals surface area contributed by atoms with Crippen LogP contribution in [0.5, 0.6) is 17.2 Å². The van der Waals surface area contributed by atoms with Gasteiger partial charge in [0.15, 0.2) is 11.7 Å². The molecule has 0 radical (unpaired) electrons. The average molecular weight is 638 g/mol. The highest BCUT2D eigenvalue weighted by Crippen LogP contribution is 2.42. The molecular formula is C31H35N5O10. The van der Waals surface area contributed by atoms with Gasteiger partial charge in [-0.15, -0.1) is 0 Å². The van der Waals surface area contributed by atoms with Crippen molar-refractivity contribution < 1.29 is 49.3 Å².